The molecule has 1 atom stereocenters. The van der Waals surface area contributed by atoms with Crippen molar-refractivity contribution in [3.05, 3.63) is 126 Å². The van der Waals surface area contributed by atoms with Crippen LogP contribution < -0.4 is 15.1 Å². The molecule has 5 heteroatoms. The number of ether oxygens (including phenoxy) is 2. The standard InChI is InChI=1S/C37H48O4Si/c1-31(19-20-32(25-27-38)26-29-40-30-33-21-23-34(39-5)24-22-33)14-12-13-28-41-42(37(2,3)4,35-15-8-6-9-16-35)36-17-10-7-11-18-36/h6-13,15-25,31,38H,14,26-30H2,1-5H3/b13-12+,20-19+,32-25+/t31-/m0/s1. The molecule has 0 fully saturated rings. The van der Waals surface area contributed by atoms with E-state index in [-0.39, 0.29) is 11.6 Å². The Kier molecular flexibility index (Phi) is 13.5. The lowest BCUT2D eigenvalue weighted by Gasteiger charge is -2.42. The molecular weight excluding hydrogens is 536 g/mol. The number of benzene rings is 3. The van der Waals surface area contributed by atoms with E-state index in [4.69, 9.17) is 13.9 Å². The highest BCUT2D eigenvalue weighted by molar-refractivity contribution is 6.99. The second kappa shape index (κ2) is 17.0. The van der Waals surface area contributed by atoms with Crippen LogP contribution in [-0.2, 0) is 15.8 Å². The summed E-state index contributed by atoms with van der Waals surface area (Å²) in [5, 5.41) is 12.0. The van der Waals surface area contributed by atoms with E-state index in [1.165, 1.54) is 10.4 Å². The molecule has 0 aliphatic rings. The van der Waals surface area contributed by atoms with Gasteiger partial charge in [-0.1, -0.05) is 131 Å². The second-order valence-corrected chi connectivity index (χ2v) is 15.9. The number of aliphatic hydroxyl groups is 1. The largest absolute Gasteiger partial charge is 0.497 e. The fourth-order valence-electron chi connectivity index (χ4n) is 5.15. The van der Waals surface area contributed by atoms with Crippen molar-refractivity contribution >= 4 is 18.7 Å². The molecule has 4 nitrogen and oxygen atoms in total. The van der Waals surface area contributed by atoms with Crippen LogP contribution in [0.4, 0.5) is 0 Å². The van der Waals surface area contributed by atoms with Gasteiger partial charge in [-0.05, 0) is 57.4 Å². The number of allylic oxidation sites excluding steroid dienone is 3. The Bertz CT molecular complexity index is 1220. The molecule has 0 aromatic heterocycles. The van der Waals surface area contributed by atoms with Gasteiger partial charge >= 0.3 is 0 Å². The molecule has 0 aliphatic carbocycles. The van der Waals surface area contributed by atoms with Crippen molar-refractivity contribution in [2.24, 2.45) is 5.92 Å². The summed E-state index contributed by atoms with van der Waals surface area (Å²) in [6, 6.07) is 29.4. The van der Waals surface area contributed by atoms with Crippen molar-refractivity contribution in [2.45, 2.75) is 52.2 Å². The summed E-state index contributed by atoms with van der Waals surface area (Å²) in [5.74, 6) is 1.20. The molecule has 0 unspecified atom stereocenters. The third-order valence-electron chi connectivity index (χ3n) is 7.44. The van der Waals surface area contributed by atoms with Crippen molar-refractivity contribution < 1.29 is 19.0 Å². The number of methoxy groups -OCH3 is 1. The number of rotatable bonds is 16. The normalized spacial score (nSPS) is 13.6. The molecule has 42 heavy (non-hydrogen) atoms. The van der Waals surface area contributed by atoms with Crippen molar-refractivity contribution in [3.63, 3.8) is 0 Å². The molecule has 0 saturated heterocycles. The van der Waals surface area contributed by atoms with Crippen LogP contribution in [0.25, 0.3) is 0 Å². The monoisotopic (exact) mass is 584 g/mol. The van der Waals surface area contributed by atoms with Gasteiger partial charge in [0.05, 0.1) is 33.5 Å². The van der Waals surface area contributed by atoms with E-state index in [2.05, 4.69) is 113 Å². The minimum Gasteiger partial charge on any atom is -0.497 e. The summed E-state index contributed by atoms with van der Waals surface area (Å²) < 4.78 is 18.0. The molecule has 1 N–H and O–H groups in total. The highest BCUT2D eigenvalue weighted by Gasteiger charge is 2.49. The predicted octanol–water partition coefficient (Wildman–Crippen LogP) is 7.24. The van der Waals surface area contributed by atoms with Gasteiger partial charge in [0.2, 0.25) is 0 Å². The van der Waals surface area contributed by atoms with Crippen LogP contribution in [0.5, 0.6) is 5.75 Å². The Hall–Kier alpha value is -3.22. The van der Waals surface area contributed by atoms with Crippen molar-refractivity contribution in [3.8, 4) is 5.75 Å². The molecule has 0 bridgehead atoms. The lowest BCUT2D eigenvalue weighted by atomic mass is 10.0. The van der Waals surface area contributed by atoms with Gasteiger partial charge in [-0.25, -0.2) is 0 Å². The molecule has 0 saturated carbocycles. The zero-order valence-electron chi connectivity index (χ0n) is 26.0. The van der Waals surface area contributed by atoms with Gasteiger partial charge < -0.3 is 19.0 Å². The molecular formula is C37H48O4Si. The lowest BCUT2D eigenvalue weighted by molar-refractivity contribution is 0.124. The van der Waals surface area contributed by atoms with Gasteiger partial charge in [-0.15, -0.1) is 0 Å². The van der Waals surface area contributed by atoms with E-state index < -0.39 is 8.32 Å². The Morgan fingerprint density at radius 1 is 0.881 bits per heavy atom. The lowest BCUT2D eigenvalue weighted by Crippen LogP contribution is -2.66. The van der Waals surface area contributed by atoms with Gasteiger partial charge in [0, 0.05) is 0 Å². The topological polar surface area (TPSA) is 47.9 Å². The minimum absolute atomic E-state index is 0.0199. The average Bonchev–Trinajstić information content (AvgIpc) is 3.00. The molecule has 3 rings (SSSR count). The van der Waals surface area contributed by atoms with Crippen LogP contribution in [0.3, 0.4) is 0 Å². The van der Waals surface area contributed by atoms with Crippen LogP contribution >= 0.6 is 0 Å². The quantitative estimate of drug-likeness (QED) is 0.0835. The van der Waals surface area contributed by atoms with Crippen molar-refractivity contribution in [2.75, 3.05) is 26.9 Å². The highest BCUT2D eigenvalue weighted by Crippen LogP contribution is 2.36. The third-order valence-corrected chi connectivity index (χ3v) is 12.4. The van der Waals surface area contributed by atoms with Gasteiger partial charge in [-0.3, -0.25) is 0 Å². The summed E-state index contributed by atoms with van der Waals surface area (Å²) in [5.41, 5.74) is 2.19. The van der Waals surface area contributed by atoms with Gasteiger partial charge in [0.1, 0.15) is 5.75 Å². The molecule has 3 aromatic carbocycles. The van der Waals surface area contributed by atoms with E-state index in [1.54, 1.807) is 7.11 Å². The maximum atomic E-state index is 9.49. The van der Waals surface area contributed by atoms with Gasteiger partial charge in [0.15, 0.2) is 0 Å². The summed E-state index contributed by atoms with van der Waals surface area (Å²) >= 11 is 0. The molecule has 3 aromatic rings. The Morgan fingerprint density at radius 3 is 2.05 bits per heavy atom. The zero-order chi connectivity index (χ0) is 30.3. The molecule has 0 spiro atoms. The third kappa shape index (κ3) is 9.67. The number of hydrogen-bond donors (Lipinski definition) is 1. The first-order valence-corrected chi connectivity index (χ1v) is 16.8. The van der Waals surface area contributed by atoms with E-state index in [0.29, 0.717) is 25.7 Å². The molecule has 0 heterocycles. The number of aliphatic hydroxyl groups excluding tert-OH is 1. The molecule has 0 radical (unpaired) electrons. The fourth-order valence-corrected chi connectivity index (χ4v) is 9.65. The Morgan fingerprint density at radius 2 is 1.50 bits per heavy atom. The number of hydrogen-bond acceptors (Lipinski definition) is 4. The smallest absolute Gasteiger partial charge is 0.261 e. The van der Waals surface area contributed by atoms with Crippen molar-refractivity contribution in [1.29, 1.82) is 0 Å². The van der Waals surface area contributed by atoms with E-state index in [9.17, 15) is 5.11 Å². The van der Waals surface area contributed by atoms with Gasteiger partial charge in [-0.2, -0.15) is 0 Å². The molecule has 0 aliphatic heterocycles. The Balaban J connectivity index is 1.54. The first-order chi connectivity index (χ1) is 20.3. The Labute approximate surface area is 254 Å². The molecule has 224 valence electrons. The maximum Gasteiger partial charge on any atom is 0.261 e. The van der Waals surface area contributed by atoms with Gasteiger partial charge in [0.25, 0.3) is 8.32 Å². The summed E-state index contributed by atoms with van der Waals surface area (Å²) in [4.78, 5) is 0. The minimum atomic E-state index is -2.52. The fraction of sp³-hybridized carbons (Fsp3) is 0.351. The van der Waals surface area contributed by atoms with Crippen molar-refractivity contribution in [1.82, 2.24) is 0 Å². The molecule has 0 amide bonds. The highest BCUT2D eigenvalue weighted by atomic mass is 28.4. The van der Waals surface area contributed by atoms with Crippen LogP contribution in [0, 0.1) is 5.92 Å². The van der Waals surface area contributed by atoms with Crippen LogP contribution in [0.15, 0.2) is 121 Å². The average molecular weight is 585 g/mol. The first kappa shape index (κ1) is 33.3. The summed E-state index contributed by atoms with van der Waals surface area (Å²) in [6.45, 7) is 10.9. The maximum absolute atomic E-state index is 9.49. The van der Waals surface area contributed by atoms with E-state index in [0.717, 1.165) is 29.7 Å². The SMILES string of the molecule is COc1ccc(COCCC(=C/CO)/C=C/[C@@H](C)C/C=C/CO[Si](c2ccccc2)(c2ccccc2)C(C)(C)C)cc1. The van der Waals surface area contributed by atoms with E-state index >= 15 is 0 Å². The van der Waals surface area contributed by atoms with Crippen LogP contribution in [0.2, 0.25) is 5.04 Å². The van der Waals surface area contributed by atoms with Crippen LogP contribution in [0.1, 0.15) is 46.1 Å². The van der Waals surface area contributed by atoms with E-state index in [1.807, 2.05) is 30.3 Å². The summed E-state index contributed by atoms with van der Waals surface area (Å²) in [6.07, 6.45) is 12.2. The predicted molar refractivity (Wildman–Crippen MR) is 178 cm³/mol. The van der Waals surface area contributed by atoms with Crippen LogP contribution in [-0.4, -0.2) is 40.4 Å². The second-order valence-electron chi connectivity index (χ2n) is 11.6. The summed E-state index contributed by atoms with van der Waals surface area (Å²) in [7, 11) is -0.858. The zero-order valence-corrected chi connectivity index (χ0v) is 27.0. The first-order valence-electron chi connectivity index (χ1n) is 14.9.